The largest absolute Gasteiger partial charge is 0.367 e. The van der Waals surface area contributed by atoms with Crippen LogP contribution in [0.3, 0.4) is 0 Å². The lowest BCUT2D eigenvalue weighted by Gasteiger charge is -2.36. The number of nitrogens with zero attached hydrogens (tertiary/aromatic N) is 2. The molecule has 0 unspecified atom stereocenters. The summed E-state index contributed by atoms with van der Waals surface area (Å²) in [7, 11) is 1.92. The number of likely N-dealkylation sites (N-methyl/N-ethyl adjacent to an activating group) is 1. The van der Waals surface area contributed by atoms with Crippen LogP contribution in [-0.4, -0.2) is 61.0 Å². The number of hydrogen-bond acceptors (Lipinski definition) is 4. The van der Waals surface area contributed by atoms with Crippen LogP contribution >= 0.6 is 0 Å². The first-order valence-electron chi connectivity index (χ1n) is 7.49. The zero-order chi connectivity index (χ0) is 16.1. The molecule has 120 valence electrons. The monoisotopic (exact) mass is 305 g/mol. The van der Waals surface area contributed by atoms with Gasteiger partial charge in [0.25, 0.3) is 0 Å². The van der Waals surface area contributed by atoms with Crippen LogP contribution in [-0.2, 0) is 14.3 Å². The second-order valence-corrected chi connectivity index (χ2v) is 5.43. The van der Waals surface area contributed by atoms with Gasteiger partial charge in [0.05, 0.1) is 13.2 Å². The van der Waals surface area contributed by atoms with Crippen LogP contribution < -0.4 is 5.73 Å². The molecule has 1 aliphatic rings. The lowest BCUT2D eigenvalue weighted by Crippen LogP contribution is -2.53. The number of carbonyl (C=O) groups excluding carboxylic acids is 2. The predicted octanol–water partition coefficient (Wildman–Crippen LogP) is 0.392. The molecule has 1 saturated heterocycles. The normalized spacial score (nSPS) is 20.0. The summed E-state index contributed by atoms with van der Waals surface area (Å²) in [6.07, 6.45) is -0.721. The molecule has 6 nitrogen and oxygen atoms in total. The molecule has 2 amide bonds. The van der Waals surface area contributed by atoms with Crippen LogP contribution in [0.1, 0.15) is 18.5 Å². The fourth-order valence-corrected chi connectivity index (χ4v) is 2.60. The van der Waals surface area contributed by atoms with E-state index < -0.39 is 12.0 Å². The average molecular weight is 305 g/mol. The number of carbonyl (C=O) groups is 2. The molecule has 1 fully saturated rings. The van der Waals surface area contributed by atoms with Gasteiger partial charge in [-0.2, -0.15) is 0 Å². The molecule has 0 bridgehead atoms. The maximum Gasteiger partial charge on any atom is 0.248 e. The fourth-order valence-electron chi connectivity index (χ4n) is 2.60. The van der Waals surface area contributed by atoms with Crippen molar-refractivity contribution < 1.29 is 14.3 Å². The standard InChI is InChI=1S/C16H23N3O3/c1-3-18(2)14(12-7-5-4-6-8-12)16(21)19-9-10-22-13(11-19)15(17)20/h4-8,13-14H,3,9-11H2,1-2H3,(H2,17,20)/t13-,14+/m1/s1. The summed E-state index contributed by atoms with van der Waals surface area (Å²) >= 11 is 0. The van der Waals surface area contributed by atoms with Crippen molar-refractivity contribution >= 4 is 11.8 Å². The lowest BCUT2D eigenvalue weighted by molar-refractivity contribution is -0.149. The van der Waals surface area contributed by atoms with Gasteiger partial charge < -0.3 is 15.4 Å². The summed E-state index contributed by atoms with van der Waals surface area (Å²) in [5, 5.41) is 0. The van der Waals surface area contributed by atoms with Crippen molar-refractivity contribution in [2.75, 3.05) is 33.3 Å². The molecule has 2 N–H and O–H groups in total. The molecular weight excluding hydrogens is 282 g/mol. The van der Waals surface area contributed by atoms with Gasteiger partial charge >= 0.3 is 0 Å². The Balaban J connectivity index is 2.20. The third-order valence-electron chi connectivity index (χ3n) is 3.98. The summed E-state index contributed by atoms with van der Waals surface area (Å²) in [6, 6.07) is 9.30. The Morgan fingerprint density at radius 1 is 1.41 bits per heavy atom. The zero-order valence-electron chi connectivity index (χ0n) is 13.1. The van der Waals surface area contributed by atoms with Gasteiger partial charge in [-0.3, -0.25) is 14.5 Å². The number of ether oxygens (including phenoxy) is 1. The van der Waals surface area contributed by atoms with Crippen molar-refractivity contribution in [3.05, 3.63) is 35.9 Å². The first-order chi connectivity index (χ1) is 10.5. The SMILES string of the molecule is CCN(C)[C@H](C(=O)N1CCO[C@@H](C(N)=O)C1)c1ccccc1. The minimum absolute atomic E-state index is 0.0231. The highest BCUT2D eigenvalue weighted by atomic mass is 16.5. The molecule has 0 aliphatic carbocycles. The van der Waals surface area contributed by atoms with E-state index >= 15 is 0 Å². The quantitative estimate of drug-likeness (QED) is 0.854. The first kappa shape index (κ1) is 16.5. The fraction of sp³-hybridized carbons (Fsp3) is 0.500. The number of primary amides is 1. The van der Waals surface area contributed by atoms with Crippen LogP contribution in [0.15, 0.2) is 30.3 Å². The third-order valence-corrected chi connectivity index (χ3v) is 3.98. The van der Waals surface area contributed by atoms with Crippen LogP contribution in [0.2, 0.25) is 0 Å². The van der Waals surface area contributed by atoms with Crippen LogP contribution in [0, 0.1) is 0 Å². The summed E-state index contributed by atoms with van der Waals surface area (Å²) < 4.78 is 5.31. The van der Waals surface area contributed by atoms with Crippen molar-refractivity contribution in [1.82, 2.24) is 9.80 Å². The highest BCUT2D eigenvalue weighted by molar-refractivity contribution is 5.85. The van der Waals surface area contributed by atoms with Gasteiger partial charge in [0, 0.05) is 6.54 Å². The maximum absolute atomic E-state index is 12.9. The molecule has 0 spiro atoms. The van der Waals surface area contributed by atoms with Gasteiger partial charge in [0.1, 0.15) is 6.04 Å². The van der Waals surface area contributed by atoms with E-state index in [0.717, 1.165) is 12.1 Å². The number of amides is 2. The van der Waals surface area contributed by atoms with E-state index in [2.05, 4.69) is 0 Å². The van der Waals surface area contributed by atoms with E-state index in [9.17, 15) is 9.59 Å². The predicted molar refractivity (Wildman–Crippen MR) is 83.0 cm³/mol. The number of benzene rings is 1. The van der Waals surface area contributed by atoms with E-state index in [1.165, 1.54) is 0 Å². The van der Waals surface area contributed by atoms with E-state index in [0.29, 0.717) is 13.2 Å². The van der Waals surface area contributed by atoms with Gasteiger partial charge in [-0.25, -0.2) is 0 Å². The van der Waals surface area contributed by atoms with Crippen LogP contribution in [0.25, 0.3) is 0 Å². The molecule has 1 aliphatic heterocycles. The summed E-state index contributed by atoms with van der Waals surface area (Å²) in [4.78, 5) is 27.9. The molecule has 0 saturated carbocycles. The van der Waals surface area contributed by atoms with Crippen molar-refractivity contribution in [2.24, 2.45) is 5.73 Å². The molecule has 0 radical (unpaired) electrons. The van der Waals surface area contributed by atoms with E-state index in [-0.39, 0.29) is 18.5 Å². The van der Waals surface area contributed by atoms with Crippen LogP contribution in [0.5, 0.6) is 0 Å². The Hall–Kier alpha value is -1.92. The minimum atomic E-state index is -0.721. The van der Waals surface area contributed by atoms with E-state index in [4.69, 9.17) is 10.5 Å². The second kappa shape index (κ2) is 7.38. The highest BCUT2D eigenvalue weighted by Crippen LogP contribution is 2.23. The second-order valence-electron chi connectivity index (χ2n) is 5.43. The zero-order valence-corrected chi connectivity index (χ0v) is 13.1. The Morgan fingerprint density at radius 3 is 2.68 bits per heavy atom. The van der Waals surface area contributed by atoms with Gasteiger partial charge in [0.2, 0.25) is 11.8 Å². The number of nitrogens with two attached hydrogens (primary N) is 1. The van der Waals surface area contributed by atoms with Crippen molar-refractivity contribution in [3.8, 4) is 0 Å². The molecule has 2 atom stereocenters. The molecule has 1 aromatic carbocycles. The number of morpholine rings is 1. The molecule has 0 aromatic heterocycles. The number of hydrogen-bond donors (Lipinski definition) is 1. The van der Waals surface area contributed by atoms with Crippen molar-refractivity contribution in [1.29, 1.82) is 0 Å². The van der Waals surface area contributed by atoms with Crippen molar-refractivity contribution in [2.45, 2.75) is 19.1 Å². The van der Waals surface area contributed by atoms with Gasteiger partial charge in [-0.15, -0.1) is 0 Å². The Bertz CT molecular complexity index is 521. The summed E-state index contributed by atoms with van der Waals surface area (Å²) in [5.74, 6) is -0.553. The molecule has 22 heavy (non-hydrogen) atoms. The van der Waals surface area contributed by atoms with Gasteiger partial charge in [-0.1, -0.05) is 37.3 Å². The molecule has 1 heterocycles. The van der Waals surface area contributed by atoms with E-state index in [1.807, 2.05) is 49.2 Å². The Kier molecular flexibility index (Phi) is 5.51. The molecule has 1 aromatic rings. The van der Waals surface area contributed by atoms with Gasteiger partial charge in [0.15, 0.2) is 6.10 Å². The van der Waals surface area contributed by atoms with Gasteiger partial charge in [-0.05, 0) is 19.2 Å². The number of rotatable bonds is 5. The first-order valence-corrected chi connectivity index (χ1v) is 7.49. The Morgan fingerprint density at radius 2 is 2.09 bits per heavy atom. The molecular formula is C16H23N3O3. The maximum atomic E-state index is 12.9. The van der Waals surface area contributed by atoms with E-state index in [1.54, 1.807) is 4.90 Å². The average Bonchev–Trinajstić information content (AvgIpc) is 2.55. The highest BCUT2D eigenvalue weighted by Gasteiger charge is 2.33. The minimum Gasteiger partial charge on any atom is -0.367 e. The third kappa shape index (κ3) is 3.64. The molecule has 2 rings (SSSR count). The molecule has 6 heteroatoms. The topological polar surface area (TPSA) is 75.9 Å². The summed E-state index contributed by atoms with van der Waals surface area (Å²) in [6.45, 7) is 3.78. The van der Waals surface area contributed by atoms with Crippen molar-refractivity contribution in [3.63, 3.8) is 0 Å². The Labute approximate surface area is 130 Å². The summed E-state index contributed by atoms with van der Waals surface area (Å²) in [5.41, 5.74) is 6.23. The lowest BCUT2D eigenvalue weighted by atomic mass is 10.0. The van der Waals surface area contributed by atoms with Crippen LogP contribution in [0.4, 0.5) is 0 Å². The smallest absolute Gasteiger partial charge is 0.248 e.